The third-order valence-electron chi connectivity index (χ3n) is 6.48. The third-order valence-corrected chi connectivity index (χ3v) is 6.48. The van der Waals surface area contributed by atoms with Gasteiger partial charge in [0.1, 0.15) is 5.75 Å². The SMILES string of the molecule is COc1ccc2[nH]cc(C3CCN(C(=O)N[C@@H](C)c4c(C)nn(C)c4C)CC3)c2c1. The van der Waals surface area contributed by atoms with Crippen LogP contribution in [0.5, 0.6) is 5.75 Å². The number of amides is 2. The maximum Gasteiger partial charge on any atom is 0.317 e. The van der Waals surface area contributed by atoms with Crippen LogP contribution in [0.25, 0.3) is 10.9 Å². The van der Waals surface area contributed by atoms with E-state index in [1.54, 1.807) is 7.11 Å². The van der Waals surface area contributed by atoms with Crippen LogP contribution >= 0.6 is 0 Å². The van der Waals surface area contributed by atoms with Crippen molar-refractivity contribution >= 4 is 16.9 Å². The highest BCUT2D eigenvalue weighted by atomic mass is 16.5. The van der Waals surface area contributed by atoms with E-state index in [9.17, 15) is 4.79 Å². The van der Waals surface area contributed by atoms with Gasteiger partial charge in [-0.3, -0.25) is 4.68 Å². The molecule has 0 radical (unpaired) electrons. The van der Waals surface area contributed by atoms with E-state index in [1.807, 2.05) is 43.5 Å². The molecule has 1 fully saturated rings. The van der Waals surface area contributed by atoms with Crippen molar-refractivity contribution in [3.8, 4) is 5.75 Å². The van der Waals surface area contributed by atoms with E-state index in [4.69, 9.17) is 4.74 Å². The van der Waals surface area contributed by atoms with Crippen LogP contribution in [0.4, 0.5) is 4.79 Å². The summed E-state index contributed by atoms with van der Waals surface area (Å²) in [6, 6.07) is 6.07. The standard InChI is InChI=1S/C23H31N5O2/c1-14(22-15(2)26-27(4)16(22)3)25-23(29)28-10-8-17(9-11-28)20-13-24-21-7-6-18(30-5)12-19(20)21/h6-7,12-14,17,24H,8-11H2,1-5H3,(H,25,29)/t14-/m0/s1. The van der Waals surface area contributed by atoms with Gasteiger partial charge in [-0.25, -0.2) is 4.79 Å². The van der Waals surface area contributed by atoms with Crippen LogP contribution in [0.1, 0.15) is 54.2 Å². The molecular weight excluding hydrogens is 378 g/mol. The Morgan fingerprint density at radius 1 is 1.30 bits per heavy atom. The van der Waals surface area contributed by atoms with E-state index in [-0.39, 0.29) is 12.1 Å². The number of hydrogen-bond donors (Lipinski definition) is 2. The Hall–Kier alpha value is -2.96. The number of methoxy groups -OCH3 is 1. The van der Waals surface area contributed by atoms with Gasteiger partial charge in [-0.2, -0.15) is 5.10 Å². The van der Waals surface area contributed by atoms with Crippen LogP contribution in [0.3, 0.4) is 0 Å². The summed E-state index contributed by atoms with van der Waals surface area (Å²) in [6.45, 7) is 7.57. The molecule has 0 aliphatic carbocycles. The summed E-state index contributed by atoms with van der Waals surface area (Å²) in [5, 5.41) is 8.85. The first-order valence-electron chi connectivity index (χ1n) is 10.6. The number of H-pyrrole nitrogens is 1. The number of aromatic amines is 1. The summed E-state index contributed by atoms with van der Waals surface area (Å²) >= 11 is 0. The molecular formula is C23H31N5O2. The predicted octanol–water partition coefficient (Wildman–Crippen LogP) is 4.18. The van der Waals surface area contributed by atoms with Crippen molar-refractivity contribution < 1.29 is 9.53 Å². The lowest BCUT2D eigenvalue weighted by Crippen LogP contribution is -2.45. The maximum atomic E-state index is 12.9. The normalized spacial score (nSPS) is 16.1. The Labute approximate surface area is 177 Å². The fourth-order valence-electron chi connectivity index (χ4n) is 4.74. The summed E-state index contributed by atoms with van der Waals surface area (Å²) < 4.78 is 7.26. The highest BCUT2D eigenvalue weighted by Gasteiger charge is 2.27. The molecule has 0 bridgehead atoms. The maximum absolute atomic E-state index is 12.9. The number of carbonyl (C=O) groups excluding carboxylic acids is 1. The fourth-order valence-corrected chi connectivity index (χ4v) is 4.74. The van der Waals surface area contributed by atoms with Gasteiger partial charge in [0.2, 0.25) is 0 Å². The molecule has 0 unspecified atom stereocenters. The molecule has 1 aliphatic rings. The molecule has 4 rings (SSSR count). The van der Waals surface area contributed by atoms with E-state index in [0.717, 1.165) is 54.1 Å². The zero-order valence-corrected chi connectivity index (χ0v) is 18.5. The van der Waals surface area contributed by atoms with Crippen molar-refractivity contribution in [2.24, 2.45) is 7.05 Å². The molecule has 3 heterocycles. The number of piperidine rings is 1. The van der Waals surface area contributed by atoms with Crippen molar-refractivity contribution in [1.29, 1.82) is 0 Å². The van der Waals surface area contributed by atoms with Crippen LogP contribution in [-0.2, 0) is 7.05 Å². The highest BCUT2D eigenvalue weighted by Crippen LogP contribution is 2.34. The van der Waals surface area contributed by atoms with Crippen molar-refractivity contribution in [3.63, 3.8) is 0 Å². The lowest BCUT2D eigenvalue weighted by molar-refractivity contribution is 0.178. The third kappa shape index (κ3) is 3.64. The smallest absolute Gasteiger partial charge is 0.317 e. The Bertz CT molecular complexity index is 1060. The average molecular weight is 410 g/mol. The quantitative estimate of drug-likeness (QED) is 0.679. The van der Waals surface area contributed by atoms with Gasteiger partial charge in [-0.05, 0) is 63.3 Å². The van der Waals surface area contributed by atoms with Crippen molar-refractivity contribution in [2.75, 3.05) is 20.2 Å². The van der Waals surface area contributed by atoms with Gasteiger partial charge >= 0.3 is 6.03 Å². The van der Waals surface area contributed by atoms with Gasteiger partial charge in [0.25, 0.3) is 0 Å². The van der Waals surface area contributed by atoms with Crippen molar-refractivity contribution in [1.82, 2.24) is 25.0 Å². The summed E-state index contributed by atoms with van der Waals surface area (Å²) in [5.41, 5.74) is 5.61. The number of benzene rings is 1. The number of fused-ring (bicyclic) bond motifs is 1. The van der Waals surface area contributed by atoms with E-state index in [0.29, 0.717) is 5.92 Å². The second-order valence-corrected chi connectivity index (χ2v) is 8.30. The highest BCUT2D eigenvalue weighted by molar-refractivity contribution is 5.85. The van der Waals surface area contributed by atoms with Gasteiger partial charge in [0.05, 0.1) is 18.8 Å². The minimum absolute atomic E-state index is 0.00389. The molecule has 7 nitrogen and oxygen atoms in total. The molecule has 1 atom stereocenters. The molecule has 2 aromatic heterocycles. The Kier molecular flexibility index (Phi) is 5.45. The van der Waals surface area contributed by atoms with Crippen molar-refractivity contribution in [3.05, 3.63) is 46.9 Å². The van der Waals surface area contributed by atoms with Gasteiger partial charge < -0.3 is 19.9 Å². The molecule has 0 saturated carbocycles. The molecule has 3 aromatic rings. The number of aromatic nitrogens is 3. The molecule has 2 amide bonds. The van der Waals surface area contributed by atoms with Crippen LogP contribution < -0.4 is 10.1 Å². The number of urea groups is 1. The second kappa shape index (κ2) is 8.05. The number of aryl methyl sites for hydroxylation is 2. The average Bonchev–Trinajstić information content (AvgIpc) is 3.27. The van der Waals surface area contributed by atoms with E-state index >= 15 is 0 Å². The number of nitrogens with zero attached hydrogens (tertiary/aromatic N) is 3. The minimum atomic E-state index is -0.0648. The minimum Gasteiger partial charge on any atom is -0.497 e. The van der Waals surface area contributed by atoms with E-state index in [1.165, 1.54) is 10.9 Å². The van der Waals surface area contributed by atoms with Crippen LogP contribution in [0.15, 0.2) is 24.4 Å². The predicted molar refractivity (Wildman–Crippen MR) is 118 cm³/mol. The fraction of sp³-hybridized carbons (Fsp3) is 0.478. The van der Waals surface area contributed by atoms with Crippen LogP contribution in [-0.4, -0.2) is 45.9 Å². The second-order valence-electron chi connectivity index (χ2n) is 8.30. The van der Waals surface area contributed by atoms with E-state index in [2.05, 4.69) is 33.7 Å². The van der Waals surface area contributed by atoms with Gasteiger partial charge in [0.15, 0.2) is 0 Å². The molecule has 7 heteroatoms. The van der Waals surface area contributed by atoms with Gasteiger partial charge in [-0.15, -0.1) is 0 Å². The van der Waals surface area contributed by atoms with Crippen LogP contribution in [0, 0.1) is 13.8 Å². The molecule has 160 valence electrons. The molecule has 2 N–H and O–H groups in total. The zero-order chi connectivity index (χ0) is 21.4. The number of hydrogen-bond acceptors (Lipinski definition) is 3. The number of nitrogens with one attached hydrogen (secondary N) is 2. The molecule has 1 aliphatic heterocycles. The zero-order valence-electron chi connectivity index (χ0n) is 18.5. The monoisotopic (exact) mass is 409 g/mol. The molecule has 1 aromatic carbocycles. The molecule has 0 spiro atoms. The van der Waals surface area contributed by atoms with E-state index < -0.39 is 0 Å². The number of ether oxygens (including phenoxy) is 1. The topological polar surface area (TPSA) is 75.2 Å². The number of carbonyl (C=O) groups is 1. The van der Waals surface area contributed by atoms with Gasteiger partial charge in [-0.1, -0.05) is 0 Å². The first-order valence-corrected chi connectivity index (χ1v) is 10.6. The lowest BCUT2D eigenvalue weighted by Gasteiger charge is -2.33. The summed E-state index contributed by atoms with van der Waals surface area (Å²) in [5.74, 6) is 1.31. The van der Waals surface area contributed by atoms with Crippen molar-refractivity contribution in [2.45, 2.75) is 45.6 Å². The Balaban J connectivity index is 1.40. The summed E-state index contributed by atoms with van der Waals surface area (Å²) in [4.78, 5) is 18.2. The Morgan fingerprint density at radius 3 is 2.67 bits per heavy atom. The number of rotatable bonds is 4. The van der Waals surface area contributed by atoms with Crippen LogP contribution in [0.2, 0.25) is 0 Å². The lowest BCUT2D eigenvalue weighted by atomic mass is 9.89. The molecule has 1 saturated heterocycles. The number of likely N-dealkylation sites (tertiary alicyclic amines) is 1. The molecule has 30 heavy (non-hydrogen) atoms. The van der Waals surface area contributed by atoms with Gasteiger partial charge in [0, 0.05) is 48.5 Å². The largest absolute Gasteiger partial charge is 0.497 e. The first-order chi connectivity index (χ1) is 14.4. The Morgan fingerprint density at radius 2 is 2.03 bits per heavy atom. The summed E-state index contributed by atoms with van der Waals surface area (Å²) in [6.07, 6.45) is 4.02. The first kappa shape index (κ1) is 20.3. The summed E-state index contributed by atoms with van der Waals surface area (Å²) in [7, 11) is 3.63.